The molecule has 0 amide bonds. The first-order valence-corrected chi connectivity index (χ1v) is 5.82. The maximum atomic E-state index is 4.33. The molecule has 0 aliphatic heterocycles. The van der Waals surface area contributed by atoms with Crippen LogP contribution >= 0.6 is 0 Å². The van der Waals surface area contributed by atoms with Gasteiger partial charge >= 0.3 is 0 Å². The maximum Gasteiger partial charge on any atom is 0.137 e. The van der Waals surface area contributed by atoms with Gasteiger partial charge < -0.3 is 9.88 Å². The van der Waals surface area contributed by atoms with Gasteiger partial charge in [-0.2, -0.15) is 0 Å². The van der Waals surface area contributed by atoms with Crippen LogP contribution in [-0.4, -0.2) is 35.5 Å². The quantitative estimate of drug-likeness (QED) is 0.851. The molecule has 2 atom stereocenters. The van der Waals surface area contributed by atoms with Crippen molar-refractivity contribution in [2.24, 2.45) is 5.92 Å². The predicted octanol–water partition coefficient (Wildman–Crippen LogP) is 2.23. The average Bonchev–Trinajstić information content (AvgIpc) is 2.88. The molecule has 0 bridgehead atoms. The zero-order valence-corrected chi connectivity index (χ0v) is 9.77. The third kappa shape index (κ3) is 1.61. The van der Waals surface area contributed by atoms with Crippen LogP contribution in [0.25, 0.3) is 11.0 Å². The fourth-order valence-corrected chi connectivity index (χ4v) is 2.58. The van der Waals surface area contributed by atoms with E-state index in [4.69, 9.17) is 0 Å². The normalized spacial score (nSPS) is 24.2. The number of pyridine rings is 1. The summed E-state index contributed by atoms with van der Waals surface area (Å²) in [6, 6.07) is 4.18. The molecule has 1 N–H and O–H groups in total. The zero-order chi connectivity index (χ0) is 11.1. The minimum atomic E-state index is 0.736. The monoisotopic (exact) mass is 215 g/mol. The van der Waals surface area contributed by atoms with Crippen molar-refractivity contribution in [3.8, 4) is 0 Å². The van der Waals surface area contributed by atoms with E-state index < -0.39 is 0 Å². The van der Waals surface area contributed by atoms with E-state index in [2.05, 4.69) is 41.2 Å². The summed E-state index contributed by atoms with van der Waals surface area (Å²) < 4.78 is 0. The molecule has 2 unspecified atom stereocenters. The standard InChI is InChI=1S/C13H17N3/c1-16(2)8-9-6-11(9)12-7-15-13-10(12)4-3-5-14-13/h3-5,7,9,11H,6,8H2,1-2H3,(H,14,15). The van der Waals surface area contributed by atoms with Crippen molar-refractivity contribution in [2.45, 2.75) is 12.3 Å². The molecular formula is C13H17N3. The Morgan fingerprint density at radius 2 is 2.38 bits per heavy atom. The van der Waals surface area contributed by atoms with Gasteiger partial charge in [-0.1, -0.05) is 0 Å². The molecule has 2 aromatic heterocycles. The summed E-state index contributed by atoms with van der Waals surface area (Å²) in [6.45, 7) is 1.19. The highest BCUT2D eigenvalue weighted by Crippen LogP contribution is 2.49. The van der Waals surface area contributed by atoms with E-state index in [1.54, 1.807) is 0 Å². The molecule has 1 aliphatic carbocycles. The van der Waals surface area contributed by atoms with Crippen molar-refractivity contribution >= 4 is 11.0 Å². The van der Waals surface area contributed by atoms with Crippen molar-refractivity contribution in [3.63, 3.8) is 0 Å². The molecule has 2 heterocycles. The molecule has 16 heavy (non-hydrogen) atoms. The Morgan fingerprint density at radius 3 is 3.19 bits per heavy atom. The number of H-pyrrole nitrogens is 1. The SMILES string of the molecule is CN(C)CC1CC1c1c[nH]c2ncccc12. The molecule has 0 aromatic carbocycles. The van der Waals surface area contributed by atoms with Gasteiger partial charge in [-0.25, -0.2) is 4.98 Å². The Balaban J connectivity index is 1.86. The Labute approximate surface area is 95.5 Å². The molecule has 0 saturated heterocycles. The van der Waals surface area contributed by atoms with Crippen LogP contribution in [0.3, 0.4) is 0 Å². The Hall–Kier alpha value is -1.35. The van der Waals surface area contributed by atoms with Crippen molar-refractivity contribution in [1.82, 2.24) is 14.9 Å². The van der Waals surface area contributed by atoms with Gasteiger partial charge in [-0.3, -0.25) is 0 Å². The van der Waals surface area contributed by atoms with E-state index in [0.717, 1.165) is 17.5 Å². The Morgan fingerprint density at radius 1 is 1.50 bits per heavy atom. The van der Waals surface area contributed by atoms with Crippen molar-refractivity contribution in [1.29, 1.82) is 0 Å². The van der Waals surface area contributed by atoms with Crippen molar-refractivity contribution < 1.29 is 0 Å². The molecule has 1 saturated carbocycles. The fourth-order valence-electron chi connectivity index (χ4n) is 2.58. The van der Waals surface area contributed by atoms with Crippen LogP contribution in [-0.2, 0) is 0 Å². The first-order valence-electron chi connectivity index (χ1n) is 5.82. The maximum absolute atomic E-state index is 4.33. The summed E-state index contributed by atoms with van der Waals surface area (Å²) in [7, 11) is 4.29. The van der Waals surface area contributed by atoms with Gasteiger partial charge in [0.1, 0.15) is 5.65 Å². The summed E-state index contributed by atoms with van der Waals surface area (Å²) in [5, 5.41) is 1.30. The van der Waals surface area contributed by atoms with Gasteiger partial charge in [-0.05, 0) is 50.0 Å². The topological polar surface area (TPSA) is 31.9 Å². The highest BCUT2D eigenvalue weighted by molar-refractivity contribution is 5.80. The number of aromatic amines is 1. The van der Waals surface area contributed by atoms with Gasteiger partial charge in [0.25, 0.3) is 0 Å². The van der Waals surface area contributed by atoms with Gasteiger partial charge in [-0.15, -0.1) is 0 Å². The molecule has 2 aromatic rings. The molecule has 84 valence electrons. The number of hydrogen-bond donors (Lipinski definition) is 1. The average molecular weight is 215 g/mol. The van der Waals surface area contributed by atoms with Crippen LogP contribution in [0.1, 0.15) is 17.9 Å². The van der Waals surface area contributed by atoms with Gasteiger partial charge in [0, 0.05) is 24.3 Å². The summed E-state index contributed by atoms with van der Waals surface area (Å²) in [5.41, 5.74) is 2.47. The number of nitrogens with one attached hydrogen (secondary N) is 1. The third-order valence-electron chi connectivity index (χ3n) is 3.40. The molecule has 1 fully saturated rings. The largest absolute Gasteiger partial charge is 0.346 e. The lowest BCUT2D eigenvalue weighted by Gasteiger charge is -2.07. The highest BCUT2D eigenvalue weighted by atomic mass is 15.1. The second kappa shape index (κ2) is 3.59. The number of hydrogen-bond acceptors (Lipinski definition) is 2. The molecule has 3 heteroatoms. The highest BCUT2D eigenvalue weighted by Gasteiger charge is 2.39. The van der Waals surface area contributed by atoms with E-state index in [1.807, 2.05) is 12.3 Å². The Bertz CT molecular complexity index is 501. The van der Waals surface area contributed by atoms with Gasteiger partial charge in [0.2, 0.25) is 0 Å². The van der Waals surface area contributed by atoms with Gasteiger partial charge in [0.15, 0.2) is 0 Å². The molecule has 3 rings (SSSR count). The lowest BCUT2D eigenvalue weighted by atomic mass is 10.1. The van der Waals surface area contributed by atoms with E-state index in [9.17, 15) is 0 Å². The molecule has 0 spiro atoms. The van der Waals surface area contributed by atoms with Crippen LogP contribution in [0.4, 0.5) is 0 Å². The number of rotatable bonds is 3. The second-order valence-corrected chi connectivity index (χ2v) is 5.01. The van der Waals surface area contributed by atoms with Crippen molar-refractivity contribution in [2.75, 3.05) is 20.6 Å². The molecule has 1 aliphatic rings. The Kier molecular flexibility index (Phi) is 2.21. The predicted molar refractivity (Wildman–Crippen MR) is 65.5 cm³/mol. The first kappa shape index (κ1) is 9.85. The van der Waals surface area contributed by atoms with E-state index in [0.29, 0.717) is 0 Å². The third-order valence-corrected chi connectivity index (χ3v) is 3.40. The van der Waals surface area contributed by atoms with Crippen LogP contribution in [0.2, 0.25) is 0 Å². The van der Waals surface area contributed by atoms with Gasteiger partial charge in [0.05, 0.1) is 0 Å². The fraction of sp³-hybridized carbons (Fsp3) is 0.462. The van der Waals surface area contributed by atoms with Crippen LogP contribution in [0, 0.1) is 5.92 Å². The smallest absolute Gasteiger partial charge is 0.137 e. The lowest BCUT2D eigenvalue weighted by Crippen LogP contribution is -2.15. The zero-order valence-electron chi connectivity index (χ0n) is 9.77. The van der Waals surface area contributed by atoms with Crippen molar-refractivity contribution in [3.05, 3.63) is 30.1 Å². The number of fused-ring (bicyclic) bond motifs is 1. The summed E-state index contributed by atoms with van der Waals surface area (Å²) >= 11 is 0. The second-order valence-electron chi connectivity index (χ2n) is 5.01. The summed E-state index contributed by atoms with van der Waals surface area (Å²) in [6.07, 6.45) is 5.30. The van der Waals surface area contributed by atoms with E-state index in [-0.39, 0.29) is 0 Å². The first-order chi connectivity index (χ1) is 7.75. The van der Waals surface area contributed by atoms with E-state index in [1.165, 1.54) is 23.9 Å². The molecular weight excluding hydrogens is 198 g/mol. The number of nitrogens with zero attached hydrogens (tertiary/aromatic N) is 2. The van der Waals surface area contributed by atoms with Crippen LogP contribution in [0.15, 0.2) is 24.5 Å². The van der Waals surface area contributed by atoms with E-state index >= 15 is 0 Å². The molecule has 3 nitrogen and oxygen atoms in total. The summed E-state index contributed by atoms with van der Waals surface area (Å²) in [5.74, 6) is 1.56. The minimum absolute atomic E-state index is 0.736. The lowest BCUT2D eigenvalue weighted by molar-refractivity contribution is 0.385. The van der Waals surface area contributed by atoms with Crippen LogP contribution in [0.5, 0.6) is 0 Å². The summed E-state index contributed by atoms with van der Waals surface area (Å²) in [4.78, 5) is 9.87. The van der Waals surface area contributed by atoms with Crippen LogP contribution < -0.4 is 0 Å². The molecule has 0 radical (unpaired) electrons. The number of aromatic nitrogens is 2. The minimum Gasteiger partial charge on any atom is -0.346 e.